The van der Waals surface area contributed by atoms with E-state index in [1.165, 1.54) is 30.3 Å². The Labute approximate surface area is 174 Å². The molecule has 3 rings (SSSR count). The second-order valence-electron chi connectivity index (χ2n) is 6.12. The molecule has 0 aliphatic heterocycles. The number of benzene rings is 2. The summed E-state index contributed by atoms with van der Waals surface area (Å²) in [6.07, 6.45) is 1.54. The molecule has 1 aliphatic rings. The zero-order chi connectivity index (χ0) is 21.2. The third-order valence-corrected chi connectivity index (χ3v) is 5.11. The third kappa shape index (κ3) is 3.21. The fraction of sp³-hybridized carbons (Fsp3) is 0.0476. The predicted molar refractivity (Wildman–Crippen MR) is 109 cm³/mol. The molecule has 0 amide bonds. The van der Waals surface area contributed by atoms with Crippen LogP contribution in [0.5, 0.6) is 0 Å². The van der Waals surface area contributed by atoms with Gasteiger partial charge in [0.2, 0.25) is 5.41 Å². The summed E-state index contributed by atoms with van der Waals surface area (Å²) < 4.78 is 0.828. The number of non-ortho nitro benzene ring substituents is 1. The first-order valence-electron chi connectivity index (χ1n) is 8.17. The van der Waals surface area contributed by atoms with Crippen LogP contribution in [0.15, 0.2) is 64.7 Å². The van der Waals surface area contributed by atoms with Gasteiger partial charge in [0, 0.05) is 27.8 Å². The molecule has 0 aromatic heterocycles. The molecule has 2 aromatic rings. The number of rotatable bonds is 3. The number of nitrogens with one attached hydrogen (secondary N) is 1. The summed E-state index contributed by atoms with van der Waals surface area (Å²) >= 11 is 3.34. The van der Waals surface area contributed by atoms with E-state index in [1.807, 2.05) is 18.2 Å². The molecule has 0 fully saturated rings. The molecule has 0 radical (unpaired) electrons. The number of allylic oxidation sites excluding steroid dienone is 4. The molecule has 138 valence electrons. The van der Waals surface area contributed by atoms with Crippen molar-refractivity contribution in [2.45, 2.75) is 0 Å². The van der Waals surface area contributed by atoms with Crippen LogP contribution in [0.1, 0.15) is 11.1 Å². The first-order valence-corrected chi connectivity index (χ1v) is 8.96. The molecule has 0 saturated carbocycles. The Morgan fingerprint density at radius 3 is 2.00 bits per heavy atom. The van der Waals surface area contributed by atoms with Crippen molar-refractivity contribution in [2.24, 2.45) is 5.41 Å². The van der Waals surface area contributed by atoms with Crippen LogP contribution in [0.4, 0.5) is 5.69 Å². The lowest BCUT2D eigenvalue weighted by Crippen LogP contribution is -2.33. The molecule has 0 spiro atoms. The fourth-order valence-corrected chi connectivity index (χ4v) is 3.34. The van der Waals surface area contributed by atoms with Crippen molar-refractivity contribution >= 4 is 38.5 Å². The SMILES string of the molecule is N#CC1=C(c2ccc(Br)cc2)C=C(c2ccc([N+](=O)[O-])cc2)C(C#N)(C#N)C1=N. The topological polar surface area (TPSA) is 138 Å². The van der Waals surface area contributed by atoms with E-state index < -0.39 is 16.0 Å². The summed E-state index contributed by atoms with van der Waals surface area (Å²) in [5.41, 5.74) is -1.01. The van der Waals surface area contributed by atoms with Gasteiger partial charge in [-0.1, -0.05) is 28.1 Å². The van der Waals surface area contributed by atoms with E-state index in [0.717, 1.165) is 4.47 Å². The van der Waals surface area contributed by atoms with E-state index in [2.05, 4.69) is 15.9 Å². The summed E-state index contributed by atoms with van der Waals surface area (Å²) in [6, 6.07) is 18.1. The van der Waals surface area contributed by atoms with Crippen molar-refractivity contribution in [3.05, 3.63) is 85.9 Å². The van der Waals surface area contributed by atoms with Gasteiger partial charge >= 0.3 is 0 Å². The Morgan fingerprint density at radius 2 is 1.52 bits per heavy atom. The van der Waals surface area contributed by atoms with Crippen molar-refractivity contribution < 1.29 is 4.92 Å². The fourth-order valence-electron chi connectivity index (χ4n) is 3.07. The standard InChI is InChI=1S/C21H10BrN5O2/c22-15-5-1-13(2-6-15)17-9-19(14-3-7-16(8-4-14)27(28)29)21(11-24,12-25)20(26)18(17)10-23/h1-9,26H. The van der Waals surface area contributed by atoms with E-state index in [9.17, 15) is 25.9 Å². The Bertz CT molecular complexity index is 1210. The quantitative estimate of drug-likeness (QED) is 0.536. The summed E-state index contributed by atoms with van der Waals surface area (Å²) in [7, 11) is 0. The smallest absolute Gasteiger partial charge is 0.269 e. The van der Waals surface area contributed by atoms with Crippen LogP contribution in [-0.2, 0) is 0 Å². The number of nitriles is 3. The minimum atomic E-state index is -2.00. The lowest BCUT2D eigenvalue weighted by Gasteiger charge is -2.28. The van der Waals surface area contributed by atoms with E-state index in [4.69, 9.17) is 5.41 Å². The maximum absolute atomic E-state index is 10.9. The molecule has 0 unspecified atom stereocenters. The normalized spacial score (nSPS) is 15.0. The summed E-state index contributed by atoms with van der Waals surface area (Å²) in [5, 5.41) is 48.6. The lowest BCUT2D eigenvalue weighted by molar-refractivity contribution is -0.384. The predicted octanol–water partition coefficient (Wildman–Crippen LogP) is 4.79. The van der Waals surface area contributed by atoms with Crippen molar-refractivity contribution in [3.8, 4) is 18.2 Å². The highest BCUT2D eigenvalue weighted by atomic mass is 79.9. The largest absolute Gasteiger partial charge is 0.301 e. The van der Waals surface area contributed by atoms with Crippen LogP contribution in [0.3, 0.4) is 0 Å². The molecule has 0 atom stereocenters. The molecule has 2 aromatic carbocycles. The molecule has 0 heterocycles. The number of nitro groups is 1. The number of nitro benzene ring substituents is 1. The number of halogens is 1. The van der Waals surface area contributed by atoms with Gasteiger partial charge in [-0.3, -0.25) is 10.1 Å². The zero-order valence-corrected chi connectivity index (χ0v) is 16.3. The molecule has 0 saturated heterocycles. The number of hydrogen-bond donors (Lipinski definition) is 1. The van der Waals surface area contributed by atoms with Crippen LogP contribution in [0, 0.1) is 54.9 Å². The van der Waals surface area contributed by atoms with Crippen LogP contribution >= 0.6 is 15.9 Å². The number of hydrogen-bond acceptors (Lipinski definition) is 6. The van der Waals surface area contributed by atoms with E-state index in [1.54, 1.807) is 24.3 Å². The first-order chi connectivity index (χ1) is 13.9. The van der Waals surface area contributed by atoms with Gasteiger partial charge < -0.3 is 5.41 Å². The third-order valence-electron chi connectivity index (χ3n) is 4.58. The van der Waals surface area contributed by atoms with Gasteiger partial charge in [0.05, 0.1) is 28.3 Å². The van der Waals surface area contributed by atoms with Gasteiger partial charge in [0.25, 0.3) is 5.69 Å². The Kier molecular flexibility index (Phi) is 5.10. The molecule has 8 heteroatoms. The lowest BCUT2D eigenvalue weighted by atomic mass is 9.68. The Morgan fingerprint density at radius 1 is 0.966 bits per heavy atom. The zero-order valence-electron chi connectivity index (χ0n) is 14.7. The van der Waals surface area contributed by atoms with Crippen molar-refractivity contribution in [1.29, 1.82) is 21.2 Å². The second-order valence-corrected chi connectivity index (χ2v) is 7.03. The minimum absolute atomic E-state index is 0.0684. The number of nitrogens with zero attached hydrogens (tertiary/aromatic N) is 4. The maximum atomic E-state index is 10.9. The van der Waals surface area contributed by atoms with Gasteiger partial charge in [-0.05, 0) is 41.5 Å². The minimum Gasteiger partial charge on any atom is -0.301 e. The van der Waals surface area contributed by atoms with Gasteiger partial charge in [0.1, 0.15) is 6.07 Å². The molecule has 7 nitrogen and oxygen atoms in total. The molecular weight excluding hydrogens is 434 g/mol. The highest BCUT2D eigenvalue weighted by Gasteiger charge is 2.46. The van der Waals surface area contributed by atoms with Gasteiger partial charge in [0.15, 0.2) is 0 Å². The van der Waals surface area contributed by atoms with Crippen LogP contribution in [-0.4, -0.2) is 10.6 Å². The van der Waals surface area contributed by atoms with Gasteiger partial charge in [-0.15, -0.1) is 0 Å². The second kappa shape index (κ2) is 7.52. The summed E-state index contributed by atoms with van der Waals surface area (Å²) in [5.74, 6) is 0. The molecule has 0 bridgehead atoms. The maximum Gasteiger partial charge on any atom is 0.269 e. The highest BCUT2D eigenvalue weighted by Crippen LogP contribution is 2.45. The molecule has 1 aliphatic carbocycles. The van der Waals surface area contributed by atoms with Crippen LogP contribution in [0.2, 0.25) is 0 Å². The van der Waals surface area contributed by atoms with Gasteiger partial charge in [-0.2, -0.15) is 15.8 Å². The van der Waals surface area contributed by atoms with Crippen LogP contribution in [0.25, 0.3) is 11.1 Å². The molecule has 1 N–H and O–H groups in total. The van der Waals surface area contributed by atoms with Crippen molar-refractivity contribution in [2.75, 3.05) is 0 Å². The first kappa shape index (κ1) is 19.7. The van der Waals surface area contributed by atoms with Crippen molar-refractivity contribution in [1.82, 2.24) is 0 Å². The van der Waals surface area contributed by atoms with Gasteiger partial charge in [-0.25, -0.2) is 0 Å². The van der Waals surface area contributed by atoms with Crippen LogP contribution < -0.4 is 0 Å². The summed E-state index contributed by atoms with van der Waals surface area (Å²) in [4.78, 5) is 10.4. The van der Waals surface area contributed by atoms with E-state index >= 15 is 0 Å². The monoisotopic (exact) mass is 443 g/mol. The molecular formula is C21H10BrN5O2. The van der Waals surface area contributed by atoms with E-state index in [0.29, 0.717) is 16.7 Å². The van der Waals surface area contributed by atoms with E-state index in [-0.39, 0.29) is 16.8 Å². The average molecular weight is 444 g/mol. The Balaban J connectivity index is 2.31. The molecule has 29 heavy (non-hydrogen) atoms. The highest BCUT2D eigenvalue weighted by molar-refractivity contribution is 9.10. The summed E-state index contributed by atoms with van der Waals surface area (Å²) in [6.45, 7) is 0. The Hall–Kier alpha value is -4.06. The van der Waals surface area contributed by atoms with Crippen molar-refractivity contribution in [3.63, 3.8) is 0 Å². The average Bonchev–Trinajstić information content (AvgIpc) is 2.74.